The first-order chi connectivity index (χ1) is 10.8. The Hall–Kier alpha value is -2.04. The molecule has 2 amide bonds. The normalized spacial score (nSPS) is 19.0. The molecular formula is C17H24N4O. The van der Waals surface area contributed by atoms with Crippen molar-refractivity contribution >= 4 is 11.8 Å². The second-order valence-corrected chi connectivity index (χ2v) is 5.97. The van der Waals surface area contributed by atoms with E-state index in [2.05, 4.69) is 15.2 Å². The predicted octanol–water partition coefficient (Wildman–Crippen LogP) is 2.76. The van der Waals surface area contributed by atoms with E-state index in [1.165, 1.54) is 24.8 Å². The lowest BCUT2D eigenvalue weighted by atomic mass is 9.96. The number of anilines is 1. The predicted molar refractivity (Wildman–Crippen MR) is 87.7 cm³/mol. The van der Waals surface area contributed by atoms with Gasteiger partial charge in [-0.15, -0.1) is 0 Å². The van der Waals surface area contributed by atoms with Gasteiger partial charge in [0.05, 0.1) is 0 Å². The first kappa shape index (κ1) is 14.9. The molecular weight excluding hydrogens is 276 g/mol. The van der Waals surface area contributed by atoms with E-state index in [0.29, 0.717) is 0 Å². The smallest absolute Gasteiger partial charge is 0.321 e. The Morgan fingerprint density at radius 1 is 1.09 bits per heavy atom. The summed E-state index contributed by atoms with van der Waals surface area (Å²) in [6.07, 6.45) is 9.84. The minimum atomic E-state index is 0.0266. The van der Waals surface area contributed by atoms with Crippen LogP contribution in [-0.4, -0.2) is 42.1 Å². The summed E-state index contributed by atoms with van der Waals surface area (Å²) in [6.45, 7) is 3.15. The van der Waals surface area contributed by atoms with E-state index < -0.39 is 0 Å². The van der Waals surface area contributed by atoms with Crippen LogP contribution in [0, 0.1) is 0 Å². The molecule has 5 heteroatoms. The van der Waals surface area contributed by atoms with Gasteiger partial charge in [-0.3, -0.25) is 0 Å². The molecule has 2 heterocycles. The summed E-state index contributed by atoms with van der Waals surface area (Å²) in [5.41, 5.74) is 1.38. The van der Waals surface area contributed by atoms with Crippen molar-refractivity contribution in [3.05, 3.63) is 36.2 Å². The highest BCUT2D eigenvalue weighted by Crippen LogP contribution is 2.21. The van der Waals surface area contributed by atoms with Gasteiger partial charge in [0.2, 0.25) is 0 Å². The topological polar surface area (TPSA) is 48.5 Å². The highest BCUT2D eigenvalue weighted by atomic mass is 16.2. The highest BCUT2D eigenvalue weighted by Gasteiger charge is 2.21. The van der Waals surface area contributed by atoms with Crippen LogP contribution in [0.3, 0.4) is 0 Å². The zero-order valence-electron chi connectivity index (χ0n) is 13.0. The van der Waals surface area contributed by atoms with Crippen molar-refractivity contribution in [3.63, 3.8) is 0 Å². The van der Waals surface area contributed by atoms with Crippen LogP contribution in [0.25, 0.3) is 0 Å². The number of carbonyl (C=O) groups is 1. The molecule has 0 aromatic carbocycles. The van der Waals surface area contributed by atoms with Gasteiger partial charge in [-0.1, -0.05) is 18.1 Å². The van der Waals surface area contributed by atoms with Crippen molar-refractivity contribution in [2.75, 3.05) is 31.1 Å². The van der Waals surface area contributed by atoms with Crippen LogP contribution in [0.4, 0.5) is 10.6 Å². The fourth-order valence-electron chi connectivity index (χ4n) is 3.08. The largest absolute Gasteiger partial charge is 0.353 e. The maximum atomic E-state index is 12.2. The van der Waals surface area contributed by atoms with Crippen LogP contribution >= 0.6 is 0 Å². The number of pyridine rings is 1. The molecule has 1 aromatic rings. The Balaban J connectivity index is 1.47. The molecule has 3 rings (SSSR count). The maximum Gasteiger partial charge on any atom is 0.321 e. The SMILES string of the molecule is O=C(NC=C1CCCCC1)N1CCN(c2ccccn2)CC1. The molecule has 1 saturated carbocycles. The fourth-order valence-corrected chi connectivity index (χ4v) is 3.08. The van der Waals surface area contributed by atoms with Gasteiger partial charge in [0, 0.05) is 38.6 Å². The molecule has 118 valence electrons. The van der Waals surface area contributed by atoms with Crippen molar-refractivity contribution in [3.8, 4) is 0 Å². The summed E-state index contributed by atoms with van der Waals surface area (Å²) in [6, 6.07) is 5.96. The standard InChI is InChI=1S/C17H24N4O/c22-17(19-14-15-6-2-1-3-7-15)21-12-10-20(11-13-21)16-8-4-5-9-18-16/h4-5,8-9,14H,1-3,6-7,10-13H2,(H,19,22). The maximum absolute atomic E-state index is 12.2. The lowest BCUT2D eigenvalue weighted by Gasteiger charge is -2.35. The number of carbonyl (C=O) groups excluding carboxylic acids is 1. The number of urea groups is 1. The Labute approximate surface area is 132 Å². The van der Waals surface area contributed by atoms with E-state index in [1.807, 2.05) is 35.5 Å². The number of amides is 2. The molecule has 0 bridgehead atoms. The first-order valence-corrected chi connectivity index (χ1v) is 8.22. The van der Waals surface area contributed by atoms with Crippen molar-refractivity contribution < 1.29 is 4.79 Å². The van der Waals surface area contributed by atoms with Gasteiger partial charge in [0.1, 0.15) is 5.82 Å². The molecule has 1 aliphatic carbocycles. The Kier molecular flexibility index (Phi) is 4.93. The van der Waals surface area contributed by atoms with Gasteiger partial charge in [0.25, 0.3) is 0 Å². The highest BCUT2D eigenvalue weighted by molar-refractivity contribution is 5.75. The molecule has 0 spiro atoms. The van der Waals surface area contributed by atoms with Crippen molar-refractivity contribution in [2.45, 2.75) is 32.1 Å². The quantitative estimate of drug-likeness (QED) is 0.913. The van der Waals surface area contributed by atoms with Crippen molar-refractivity contribution in [1.29, 1.82) is 0 Å². The number of hydrogen-bond donors (Lipinski definition) is 1. The van der Waals surface area contributed by atoms with Gasteiger partial charge in [-0.05, 0) is 37.8 Å². The average molecular weight is 300 g/mol. The number of allylic oxidation sites excluding steroid dienone is 1. The Bertz CT molecular complexity index is 513. The van der Waals surface area contributed by atoms with Gasteiger partial charge >= 0.3 is 6.03 Å². The number of piperazine rings is 1. The van der Waals surface area contributed by atoms with Gasteiger partial charge in [0.15, 0.2) is 0 Å². The molecule has 0 unspecified atom stereocenters. The van der Waals surface area contributed by atoms with Crippen LogP contribution in [0.2, 0.25) is 0 Å². The summed E-state index contributed by atoms with van der Waals surface area (Å²) in [4.78, 5) is 20.7. The molecule has 1 saturated heterocycles. The van der Waals surface area contributed by atoms with Crippen molar-refractivity contribution in [1.82, 2.24) is 15.2 Å². The van der Waals surface area contributed by atoms with E-state index in [4.69, 9.17) is 0 Å². The first-order valence-electron chi connectivity index (χ1n) is 8.22. The number of hydrogen-bond acceptors (Lipinski definition) is 3. The number of nitrogens with one attached hydrogen (secondary N) is 1. The zero-order valence-corrected chi connectivity index (χ0v) is 13.0. The molecule has 0 radical (unpaired) electrons. The number of nitrogens with zero attached hydrogens (tertiary/aromatic N) is 3. The minimum Gasteiger partial charge on any atom is -0.353 e. The lowest BCUT2D eigenvalue weighted by molar-refractivity contribution is 0.198. The Morgan fingerprint density at radius 3 is 2.55 bits per heavy atom. The monoisotopic (exact) mass is 300 g/mol. The molecule has 2 aliphatic rings. The summed E-state index contributed by atoms with van der Waals surface area (Å²) in [5.74, 6) is 0.992. The van der Waals surface area contributed by atoms with Crippen LogP contribution < -0.4 is 10.2 Å². The van der Waals surface area contributed by atoms with Crippen LogP contribution in [0.1, 0.15) is 32.1 Å². The van der Waals surface area contributed by atoms with Gasteiger partial charge in [-0.2, -0.15) is 0 Å². The molecule has 1 aliphatic heterocycles. The summed E-state index contributed by atoms with van der Waals surface area (Å²) < 4.78 is 0. The number of aromatic nitrogens is 1. The second-order valence-electron chi connectivity index (χ2n) is 5.97. The summed E-state index contributed by atoms with van der Waals surface area (Å²) in [7, 11) is 0. The number of rotatable bonds is 2. The fraction of sp³-hybridized carbons (Fsp3) is 0.529. The third-order valence-corrected chi connectivity index (χ3v) is 4.44. The third-order valence-electron chi connectivity index (χ3n) is 4.44. The third kappa shape index (κ3) is 3.78. The van der Waals surface area contributed by atoms with E-state index >= 15 is 0 Å². The van der Waals surface area contributed by atoms with E-state index in [9.17, 15) is 4.79 Å². The zero-order chi connectivity index (χ0) is 15.2. The second kappa shape index (κ2) is 7.29. The van der Waals surface area contributed by atoms with Gasteiger partial charge < -0.3 is 15.1 Å². The molecule has 1 aromatic heterocycles. The van der Waals surface area contributed by atoms with Crippen LogP contribution in [-0.2, 0) is 0 Å². The summed E-state index contributed by atoms with van der Waals surface area (Å²) in [5, 5.41) is 2.97. The molecule has 5 nitrogen and oxygen atoms in total. The summed E-state index contributed by atoms with van der Waals surface area (Å²) >= 11 is 0. The molecule has 0 atom stereocenters. The lowest BCUT2D eigenvalue weighted by Crippen LogP contribution is -2.51. The van der Waals surface area contributed by atoms with Crippen LogP contribution in [0.5, 0.6) is 0 Å². The van der Waals surface area contributed by atoms with E-state index in [1.54, 1.807) is 0 Å². The minimum absolute atomic E-state index is 0.0266. The average Bonchev–Trinajstić information content (AvgIpc) is 2.61. The molecule has 2 fully saturated rings. The molecule has 22 heavy (non-hydrogen) atoms. The van der Waals surface area contributed by atoms with Crippen molar-refractivity contribution in [2.24, 2.45) is 0 Å². The van der Waals surface area contributed by atoms with Gasteiger partial charge in [-0.25, -0.2) is 9.78 Å². The molecule has 1 N–H and O–H groups in total. The van der Waals surface area contributed by atoms with E-state index in [0.717, 1.165) is 44.8 Å². The Morgan fingerprint density at radius 2 is 1.86 bits per heavy atom. The van der Waals surface area contributed by atoms with E-state index in [-0.39, 0.29) is 6.03 Å². The van der Waals surface area contributed by atoms with Crippen LogP contribution in [0.15, 0.2) is 36.2 Å².